The molecule has 0 spiro atoms. The first-order valence-electron chi connectivity index (χ1n) is 4.59. The van der Waals surface area contributed by atoms with Gasteiger partial charge in [0.25, 0.3) is 0 Å². The standard InChI is InChI=1S/C11H14O3.Y/c1-3-5-8(12)11-9(13)6-4-7-10(11)14-2;/h4,6-7,13H,3,5H2,1-2H3;. The summed E-state index contributed by atoms with van der Waals surface area (Å²) in [6.07, 6.45) is 1.18. The molecule has 3 nitrogen and oxygen atoms in total. The second-order valence-electron chi connectivity index (χ2n) is 3.03. The van der Waals surface area contributed by atoms with Crippen LogP contribution in [0.15, 0.2) is 18.2 Å². The number of ether oxygens (including phenoxy) is 1. The van der Waals surface area contributed by atoms with Crippen LogP contribution in [-0.4, -0.2) is 18.0 Å². The van der Waals surface area contributed by atoms with E-state index in [0.717, 1.165) is 6.42 Å². The quantitative estimate of drug-likeness (QED) is 0.863. The predicted molar refractivity (Wildman–Crippen MR) is 53.9 cm³/mol. The molecule has 0 bridgehead atoms. The van der Waals surface area contributed by atoms with E-state index in [1.807, 2.05) is 6.92 Å². The van der Waals surface area contributed by atoms with E-state index in [1.54, 1.807) is 12.1 Å². The molecule has 1 N–H and O–H groups in total. The van der Waals surface area contributed by atoms with E-state index in [2.05, 4.69) is 0 Å². The SMILES string of the molecule is CCCC(=O)c1c(O)cccc1OC.[Y]. The van der Waals surface area contributed by atoms with Crippen molar-refractivity contribution < 1.29 is 47.3 Å². The summed E-state index contributed by atoms with van der Waals surface area (Å²) in [6.45, 7) is 1.92. The molecule has 0 aliphatic heterocycles. The molecule has 1 aromatic rings. The Balaban J connectivity index is 0.00000196. The van der Waals surface area contributed by atoms with Gasteiger partial charge in [0.2, 0.25) is 0 Å². The van der Waals surface area contributed by atoms with Gasteiger partial charge in [-0.1, -0.05) is 13.0 Å². The van der Waals surface area contributed by atoms with Crippen molar-refractivity contribution in [1.82, 2.24) is 0 Å². The molecular formula is C11H14O3Y. The van der Waals surface area contributed by atoms with Crippen molar-refractivity contribution in [3.05, 3.63) is 23.8 Å². The minimum atomic E-state index is -0.0811. The van der Waals surface area contributed by atoms with E-state index in [0.29, 0.717) is 12.2 Å². The molecule has 0 aliphatic rings. The number of hydrogen-bond acceptors (Lipinski definition) is 3. The van der Waals surface area contributed by atoms with Gasteiger partial charge >= 0.3 is 0 Å². The minimum absolute atomic E-state index is 0. The van der Waals surface area contributed by atoms with Crippen LogP contribution < -0.4 is 4.74 Å². The summed E-state index contributed by atoms with van der Waals surface area (Å²) >= 11 is 0. The monoisotopic (exact) mass is 283 g/mol. The Morgan fingerprint density at radius 3 is 2.67 bits per heavy atom. The summed E-state index contributed by atoms with van der Waals surface area (Å²) in [5.41, 5.74) is 0.289. The Morgan fingerprint density at radius 2 is 2.13 bits per heavy atom. The third-order valence-corrected chi connectivity index (χ3v) is 1.98. The van der Waals surface area contributed by atoms with Gasteiger partial charge < -0.3 is 9.84 Å². The second-order valence-corrected chi connectivity index (χ2v) is 3.03. The second kappa shape index (κ2) is 6.97. The zero-order valence-corrected chi connectivity index (χ0v) is 11.8. The zero-order chi connectivity index (χ0) is 10.6. The number of rotatable bonds is 4. The van der Waals surface area contributed by atoms with E-state index in [4.69, 9.17) is 4.74 Å². The molecule has 0 heterocycles. The number of carbonyl (C=O) groups excluding carboxylic acids is 1. The van der Waals surface area contributed by atoms with Crippen molar-refractivity contribution in [1.29, 1.82) is 0 Å². The van der Waals surface area contributed by atoms with Crippen LogP contribution in [0.5, 0.6) is 11.5 Å². The van der Waals surface area contributed by atoms with Gasteiger partial charge in [-0.25, -0.2) is 0 Å². The average Bonchev–Trinajstić information content (AvgIpc) is 2.17. The van der Waals surface area contributed by atoms with E-state index in [1.165, 1.54) is 13.2 Å². The molecule has 0 atom stereocenters. The van der Waals surface area contributed by atoms with Crippen LogP contribution in [0.4, 0.5) is 0 Å². The van der Waals surface area contributed by atoms with Crippen LogP contribution in [0.2, 0.25) is 0 Å². The maximum atomic E-state index is 11.6. The molecule has 1 rings (SSSR count). The van der Waals surface area contributed by atoms with Crippen LogP contribution in [0.1, 0.15) is 30.1 Å². The van der Waals surface area contributed by atoms with Gasteiger partial charge in [-0.05, 0) is 18.6 Å². The summed E-state index contributed by atoms with van der Waals surface area (Å²) in [6, 6.07) is 4.81. The number of hydrogen-bond donors (Lipinski definition) is 1. The molecule has 1 radical (unpaired) electrons. The van der Waals surface area contributed by atoms with Gasteiger partial charge in [0.05, 0.1) is 7.11 Å². The van der Waals surface area contributed by atoms with Crippen molar-refractivity contribution in [3.8, 4) is 11.5 Å². The molecule has 1 aromatic carbocycles. The molecule has 4 heteroatoms. The van der Waals surface area contributed by atoms with Crippen LogP contribution in [0, 0.1) is 0 Å². The largest absolute Gasteiger partial charge is 0.507 e. The van der Waals surface area contributed by atoms with Gasteiger partial charge in [0, 0.05) is 39.1 Å². The summed E-state index contributed by atoms with van der Waals surface area (Å²) in [5, 5.41) is 9.52. The molecule has 0 fully saturated rings. The Labute approximate surface area is 115 Å². The smallest absolute Gasteiger partial charge is 0.170 e. The summed E-state index contributed by atoms with van der Waals surface area (Å²) in [4.78, 5) is 11.6. The Morgan fingerprint density at radius 1 is 1.47 bits per heavy atom. The first-order valence-corrected chi connectivity index (χ1v) is 4.59. The molecule has 0 aromatic heterocycles. The number of phenolic OH excluding ortho intramolecular Hbond substituents is 1. The Bertz CT molecular complexity index is 337. The number of phenols is 1. The van der Waals surface area contributed by atoms with E-state index in [-0.39, 0.29) is 49.8 Å². The third kappa shape index (κ3) is 3.58. The number of aromatic hydroxyl groups is 1. The van der Waals surface area contributed by atoms with Gasteiger partial charge in [-0.3, -0.25) is 4.79 Å². The van der Waals surface area contributed by atoms with Gasteiger partial charge in [-0.2, -0.15) is 0 Å². The maximum Gasteiger partial charge on any atom is 0.170 e. The van der Waals surface area contributed by atoms with Gasteiger partial charge in [0.15, 0.2) is 5.78 Å². The van der Waals surface area contributed by atoms with Gasteiger partial charge in [0.1, 0.15) is 17.1 Å². The fraction of sp³-hybridized carbons (Fsp3) is 0.364. The first-order chi connectivity index (χ1) is 6.70. The predicted octanol–water partition coefficient (Wildman–Crippen LogP) is 2.38. The van der Waals surface area contributed by atoms with Gasteiger partial charge in [-0.15, -0.1) is 0 Å². The summed E-state index contributed by atoms with van der Waals surface area (Å²) < 4.78 is 5.01. The average molecular weight is 283 g/mol. The molecule has 0 amide bonds. The fourth-order valence-electron chi connectivity index (χ4n) is 1.32. The molecule has 0 saturated carbocycles. The van der Waals surface area contributed by atoms with Crippen LogP contribution >= 0.6 is 0 Å². The van der Waals surface area contributed by atoms with Crippen LogP contribution in [0.25, 0.3) is 0 Å². The third-order valence-electron chi connectivity index (χ3n) is 1.98. The molecule has 15 heavy (non-hydrogen) atoms. The van der Waals surface area contributed by atoms with E-state index in [9.17, 15) is 9.90 Å². The van der Waals surface area contributed by atoms with Crippen molar-refractivity contribution in [2.24, 2.45) is 0 Å². The van der Waals surface area contributed by atoms with E-state index >= 15 is 0 Å². The number of carbonyl (C=O) groups is 1. The van der Waals surface area contributed by atoms with Crippen molar-refractivity contribution >= 4 is 5.78 Å². The Kier molecular flexibility index (Phi) is 6.78. The first kappa shape index (κ1) is 14.6. The zero-order valence-electron chi connectivity index (χ0n) is 8.99. The fourth-order valence-corrected chi connectivity index (χ4v) is 1.32. The normalized spacial score (nSPS) is 9.20. The van der Waals surface area contributed by atoms with Crippen LogP contribution in [0.3, 0.4) is 0 Å². The van der Waals surface area contributed by atoms with Crippen LogP contribution in [-0.2, 0) is 32.7 Å². The van der Waals surface area contributed by atoms with Crippen molar-refractivity contribution in [2.75, 3.05) is 7.11 Å². The maximum absolute atomic E-state index is 11.6. The molecule has 79 valence electrons. The molecular weight excluding hydrogens is 269 g/mol. The Hall–Kier alpha value is -0.406. The number of methoxy groups -OCH3 is 1. The summed E-state index contributed by atoms with van der Waals surface area (Å²) in [7, 11) is 1.48. The molecule has 0 saturated heterocycles. The van der Waals surface area contributed by atoms with Crippen molar-refractivity contribution in [3.63, 3.8) is 0 Å². The summed E-state index contributed by atoms with van der Waals surface area (Å²) in [5.74, 6) is 0.341. The van der Waals surface area contributed by atoms with Crippen molar-refractivity contribution in [2.45, 2.75) is 19.8 Å². The molecule has 0 unspecified atom stereocenters. The number of Topliss-reactive ketones (excluding diaryl/α,β-unsaturated/α-hetero) is 1. The minimum Gasteiger partial charge on any atom is -0.507 e. The topological polar surface area (TPSA) is 46.5 Å². The van der Waals surface area contributed by atoms with E-state index < -0.39 is 0 Å². The number of ketones is 1. The number of benzene rings is 1. The molecule has 0 aliphatic carbocycles.